The molecule has 0 unspecified atom stereocenters. The number of carbonyl (C=O) groups excluding carboxylic acids is 1. The zero-order chi connectivity index (χ0) is 14.5. The Labute approximate surface area is 120 Å². The van der Waals surface area contributed by atoms with E-state index in [0.717, 1.165) is 6.42 Å². The first kappa shape index (κ1) is 15.9. The van der Waals surface area contributed by atoms with Crippen LogP contribution < -0.4 is 5.73 Å². The van der Waals surface area contributed by atoms with E-state index in [1.54, 1.807) is 12.1 Å². The normalized spacial score (nSPS) is 11.4. The number of aromatic nitrogens is 1. The Morgan fingerprint density at radius 2 is 2.16 bits per heavy atom. The van der Waals surface area contributed by atoms with Gasteiger partial charge in [-0.05, 0) is 30.5 Å². The fraction of sp³-hybridized carbons (Fsp3) is 0.571. The summed E-state index contributed by atoms with van der Waals surface area (Å²) in [6.45, 7) is 8.02. The van der Waals surface area contributed by atoms with Crippen LogP contribution in [0.3, 0.4) is 0 Å². The Bertz CT molecular complexity index is 417. The number of carbonyl (C=O) groups is 1. The quantitative estimate of drug-likeness (QED) is 0.873. The molecule has 5 heteroatoms. The molecule has 0 aliphatic rings. The summed E-state index contributed by atoms with van der Waals surface area (Å²) in [6.07, 6.45) is 2.40. The molecule has 0 aromatic carbocycles. The molecule has 1 amide bonds. The molecule has 0 radical (unpaired) electrons. The van der Waals surface area contributed by atoms with Gasteiger partial charge in [-0.15, -0.1) is 0 Å². The zero-order valence-corrected chi connectivity index (χ0v) is 12.6. The number of hydrogen-bond acceptors (Lipinski definition) is 3. The molecule has 106 valence electrons. The average molecular weight is 284 g/mol. The molecule has 1 aromatic rings. The van der Waals surface area contributed by atoms with E-state index in [-0.39, 0.29) is 11.3 Å². The van der Waals surface area contributed by atoms with Gasteiger partial charge in [-0.25, -0.2) is 4.98 Å². The monoisotopic (exact) mass is 283 g/mol. The molecule has 0 saturated carbocycles. The number of nitrogens with two attached hydrogens (primary N) is 1. The number of halogens is 1. The molecule has 0 atom stereocenters. The van der Waals surface area contributed by atoms with E-state index < -0.39 is 0 Å². The van der Waals surface area contributed by atoms with Crippen LogP contribution in [0.4, 0.5) is 0 Å². The SMILES string of the molecule is CCCN(CC(C)(C)CN)C(=O)c1ccc(Cl)cn1. The Hall–Kier alpha value is -1.13. The lowest BCUT2D eigenvalue weighted by molar-refractivity contribution is 0.0683. The van der Waals surface area contributed by atoms with Crippen LogP contribution in [0.15, 0.2) is 18.3 Å². The van der Waals surface area contributed by atoms with Gasteiger partial charge in [0.1, 0.15) is 5.69 Å². The summed E-state index contributed by atoms with van der Waals surface area (Å²) in [4.78, 5) is 18.3. The Kier molecular flexibility index (Phi) is 5.76. The summed E-state index contributed by atoms with van der Waals surface area (Å²) in [5, 5.41) is 0.529. The summed E-state index contributed by atoms with van der Waals surface area (Å²) >= 11 is 5.78. The van der Waals surface area contributed by atoms with Gasteiger partial charge in [0, 0.05) is 19.3 Å². The minimum Gasteiger partial charge on any atom is -0.337 e. The van der Waals surface area contributed by atoms with Gasteiger partial charge in [-0.2, -0.15) is 0 Å². The van der Waals surface area contributed by atoms with Crippen molar-refractivity contribution in [3.05, 3.63) is 29.0 Å². The maximum absolute atomic E-state index is 12.4. The fourth-order valence-electron chi connectivity index (χ4n) is 1.77. The Balaban J connectivity index is 2.86. The van der Waals surface area contributed by atoms with Gasteiger partial charge < -0.3 is 10.6 Å². The molecular formula is C14H22ClN3O. The lowest BCUT2D eigenvalue weighted by Crippen LogP contribution is -2.42. The zero-order valence-electron chi connectivity index (χ0n) is 11.8. The molecule has 0 bridgehead atoms. The van der Waals surface area contributed by atoms with E-state index in [2.05, 4.69) is 18.8 Å². The predicted octanol–water partition coefficient (Wildman–Crippen LogP) is 2.57. The summed E-state index contributed by atoms with van der Waals surface area (Å²) < 4.78 is 0. The van der Waals surface area contributed by atoms with Crippen molar-refractivity contribution in [3.8, 4) is 0 Å². The van der Waals surface area contributed by atoms with Crippen LogP contribution in [-0.2, 0) is 0 Å². The van der Waals surface area contributed by atoms with E-state index in [0.29, 0.717) is 30.4 Å². The van der Waals surface area contributed by atoms with Crippen molar-refractivity contribution in [2.45, 2.75) is 27.2 Å². The van der Waals surface area contributed by atoms with Crippen LogP contribution in [0.5, 0.6) is 0 Å². The van der Waals surface area contributed by atoms with E-state index >= 15 is 0 Å². The van der Waals surface area contributed by atoms with Crippen molar-refractivity contribution in [1.29, 1.82) is 0 Å². The van der Waals surface area contributed by atoms with Crippen LogP contribution >= 0.6 is 11.6 Å². The first-order chi connectivity index (χ1) is 8.89. The molecule has 1 heterocycles. The molecule has 2 N–H and O–H groups in total. The van der Waals surface area contributed by atoms with Crippen LogP contribution in [0.2, 0.25) is 5.02 Å². The average Bonchev–Trinajstić information content (AvgIpc) is 2.38. The highest BCUT2D eigenvalue weighted by Crippen LogP contribution is 2.17. The lowest BCUT2D eigenvalue weighted by atomic mass is 9.93. The third-order valence-electron chi connectivity index (χ3n) is 2.90. The Morgan fingerprint density at radius 3 is 2.63 bits per heavy atom. The van der Waals surface area contributed by atoms with Gasteiger partial charge in [-0.3, -0.25) is 4.79 Å². The van der Waals surface area contributed by atoms with Crippen molar-refractivity contribution >= 4 is 17.5 Å². The first-order valence-corrected chi connectivity index (χ1v) is 6.88. The van der Waals surface area contributed by atoms with Gasteiger partial charge in [0.25, 0.3) is 5.91 Å². The van der Waals surface area contributed by atoms with Crippen molar-refractivity contribution in [2.75, 3.05) is 19.6 Å². The van der Waals surface area contributed by atoms with Crippen LogP contribution in [0.25, 0.3) is 0 Å². The number of amides is 1. The molecule has 1 rings (SSSR count). The minimum absolute atomic E-state index is 0.0694. The van der Waals surface area contributed by atoms with Crippen molar-refractivity contribution < 1.29 is 4.79 Å². The largest absolute Gasteiger partial charge is 0.337 e. The van der Waals surface area contributed by atoms with Gasteiger partial charge >= 0.3 is 0 Å². The molecule has 19 heavy (non-hydrogen) atoms. The number of hydrogen-bond donors (Lipinski definition) is 1. The highest BCUT2D eigenvalue weighted by atomic mass is 35.5. The number of nitrogens with zero attached hydrogens (tertiary/aromatic N) is 2. The fourth-order valence-corrected chi connectivity index (χ4v) is 1.88. The lowest BCUT2D eigenvalue weighted by Gasteiger charge is -2.31. The van der Waals surface area contributed by atoms with Crippen molar-refractivity contribution in [2.24, 2.45) is 11.1 Å². The second-order valence-electron chi connectivity index (χ2n) is 5.46. The van der Waals surface area contributed by atoms with Crippen LogP contribution in [-0.4, -0.2) is 35.4 Å². The molecule has 0 aliphatic carbocycles. The molecule has 0 fully saturated rings. The highest BCUT2D eigenvalue weighted by Gasteiger charge is 2.24. The number of rotatable bonds is 6. The first-order valence-electron chi connectivity index (χ1n) is 6.50. The summed E-state index contributed by atoms with van der Waals surface area (Å²) in [7, 11) is 0. The van der Waals surface area contributed by atoms with Crippen LogP contribution in [0.1, 0.15) is 37.7 Å². The summed E-state index contributed by atoms with van der Waals surface area (Å²) in [5.74, 6) is -0.0694. The maximum Gasteiger partial charge on any atom is 0.272 e. The predicted molar refractivity (Wildman–Crippen MR) is 78.3 cm³/mol. The van der Waals surface area contributed by atoms with Crippen molar-refractivity contribution in [1.82, 2.24) is 9.88 Å². The van der Waals surface area contributed by atoms with E-state index in [1.807, 2.05) is 11.8 Å². The van der Waals surface area contributed by atoms with Gasteiger partial charge in [0.2, 0.25) is 0 Å². The summed E-state index contributed by atoms with van der Waals surface area (Å²) in [5.41, 5.74) is 6.06. The maximum atomic E-state index is 12.4. The second kappa shape index (κ2) is 6.87. The van der Waals surface area contributed by atoms with Crippen LogP contribution in [0, 0.1) is 5.41 Å². The molecule has 0 spiro atoms. The molecule has 4 nitrogen and oxygen atoms in total. The highest BCUT2D eigenvalue weighted by molar-refractivity contribution is 6.30. The van der Waals surface area contributed by atoms with Crippen molar-refractivity contribution in [3.63, 3.8) is 0 Å². The molecule has 1 aromatic heterocycles. The van der Waals surface area contributed by atoms with Gasteiger partial charge in [0.05, 0.1) is 5.02 Å². The summed E-state index contributed by atoms with van der Waals surface area (Å²) in [6, 6.07) is 3.34. The Morgan fingerprint density at radius 1 is 1.47 bits per heavy atom. The van der Waals surface area contributed by atoms with Gasteiger partial charge in [0.15, 0.2) is 0 Å². The van der Waals surface area contributed by atoms with E-state index in [1.165, 1.54) is 6.20 Å². The van der Waals surface area contributed by atoms with E-state index in [9.17, 15) is 4.79 Å². The van der Waals surface area contributed by atoms with Gasteiger partial charge in [-0.1, -0.05) is 32.4 Å². The molecule has 0 saturated heterocycles. The second-order valence-corrected chi connectivity index (χ2v) is 5.89. The standard InChI is InChI=1S/C14H22ClN3O/c1-4-7-18(10-14(2,3)9-16)13(19)12-6-5-11(15)8-17-12/h5-6,8H,4,7,9-10,16H2,1-3H3. The minimum atomic E-state index is -0.0999. The molecular weight excluding hydrogens is 262 g/mol. The van der Waals surface area contributed by atoms with E-state index in [4.69, 9.17) is 17.3 Å². The third kappa shape index (κ3) is 4.80. The molecule has 0 aliphatic heterocycles. The number of pyridine rings is 1. The topological polar surface area (TPSA) is 59.2 Å². The third-order valence-corrected chi connectivity index (χ3v) is 3.12. The smallest absolute Gasteiger partial charge is 0.272 e.